The van der Waals surface area contributed by atoms with Crippen molar-refractivity contribution in [1.29, 1.82) is 0 Å². The summed E-state index contributed by atoms with van der Waals surface area (Å²) in [5, 5.41) is 3.24. The van der Waals surface area contributed by atoms with Gasteiger partial charge in [0.05, 0.1) is 12.2 Å². The molecule has 8 heteroatoms. The number of benzene rings is 1. The maximum Gasteiger partial charge on any atom is 0.243 e. The minimum atomic E-state index is -4.04. The molecule has 0 saturated carbocycles. The molecule has 2 fully saturated rings. The van der Waals surface area contributed by atoms with Crippen LogP contribution in [0.3, 0.4) is 0 Å². The van der Waals surface area contributed by atoms with Crippen molar-refractivity contribution in [3.8, 4) is 0 Å². The highest BCUT2D eigenvalue weighted by atomic mass is 32.2. The van der Waals surface area contributed by atoms with E-state index in [2.05, 4.69) is 10.0 Å². The van der Waals surface area contributed by atoms with Crippen LogP contribution in [0.15, 0.2) is 23.1 Å². The molecule has 1 aromatic carbocycles. The van der Waals surface area contributed by atoms with Crippen LogP contribution in [0.1, 0.15) is 19.3 Å². The van der Waals surface area contributed by atoms with E-state index >= 15 is 0 Å². The molecule has 1 spiro atoms. The van der Waals surface area contributed by atoms with Gasteiger partial charge in [0.1, 0.15) is 16.5 Å². The Bertz CT molecular complexity index is 660. The maximum absolute atomic E-state index is 13.7. The minimum absolute atomic E-state index is 0.254. The third kappa shape index (κ3) is 3.15. The SMILES string of the molecule is O=S(=O)(NC1COC2(CCCNC2)C1)c1ccc(F)cc1F. The largest absolute Gasteiger partial charge is 0.372 e. The van der Waals surface area contributed by atoms with Crippen LogP contribution in [0.25, 0.3) is 0 Å². The first-order valence-corrected chi connectivity index (χ1v) is 8.71. The van der Waals surface area contributed by atoms with E-state index in [1.54, 1.807) is 0 Å². The summed E-state index contributed by atoms with van der Waals surface area (Å²) in [7, 11) is -4.04. The zero-order valence-electron chi connectivity index (χ0n) is 11.9. The Morgan fingerprint density at radius 2 is 2.18 bits per heavy atom. The molecule has 122 valence electrons. The van der Waals surface area contributed by atoms with Gasteiger partial charge in [0, 0.05) is 18.7 Å². The van der Waals surface area contributed by atoms with Crippen molar-refractivity contribution < 1.29 is 21.9 Å². The second kappa shape index (κ2) is 5.84. The lowest BCUT2D eigenvalue weighted by atomic mass is 9.90. The van der Waals surface area contributed by atoms with E-state index in [0.717, 1.165) is 31.5 Å². The standard InChI is InChI=1S/C14H18F2N2O3S/c15-10-2-3-13(12(16)6-10)22(19,20)18-11-7-14(21-8-11)4-1-5-17-9-14/h2-3,6,11,17-18H,1,4-5,7-9H2. The molecule has 5 nitrogen and oxygen atoms in total. The smallest absolute Gasteiger partial charge is 0.243 e. The maximum atomic E-state index is 13.7. The van der Waals surface area contributed by atoms with E-state index in [0.29, 0.717) is 19.0 Å². The van der Waals surface area contributed by atoms with Crippen molar-refractivity contribution in [3.63, 3.8) is 0 Å². The number of piperidine rings is 1. The fraction of sp³-hybridized carbons (Fsp3) is 0.571. The summed E-state index contributed by atoms with van der Waals surface area (Å²) in [5.41, 5.74) is -0.340. The fourth-order valence-corrected chi connectivity index (χ4v) is 4.41. The second-order valence-electron chi connectivity index (χ2n) is 5.87. The van der Waals surface area contributed by atoms with Crippen molar-refractivity contribution in [2.75, 3.05) is 19.7 Å². The number of ether oxygens (including phenoxy) is 1. The van der Waals surface area contributed by atoms with Crippen LogP contribution in [0.2, 0.25) is 0 Å². The van der Waals surface area contributed by atoms with Crippen LogP contribution >= 0.6 is 0 Å². The van der Waals surface area contributed by atoms with Gasteiger partial charge in [-0.25, -0.2) is 21.9 Å². The summed E-state index contributed by atoms with van der Waals surface area (Å²) in [6.07, 6.45) is 2.40. The summed E-state index contributed by atoms with van der Waals surface area (Å²) >= 11 is 0. The number of halogens is 2. The molecule has 0 amide bonds. The quantitative estimate of drug-likeness (QED) is 0.871. The van der Waals surface area contributed by atoms with Gasteiger partial charge in [-0.2, -0.15) is 0 Å². The Balaban J connectivity index is 1.72. The van der Waals surface area contributed by atoms with Gasteiger partial charge in [0.2, 0.25) is 10.0 Å². The van der Waals surface area contributed by atoms with Gasteiger partial charge < -0.3 is 10.1 Å². The zero-order chi connectivity index (χ0) is 15.8. The third-order valence-corrected chi connectivity index (χ3v) is 5.70. The lowest BCUT2D eigenvalue weighted by molar-refractivity contribution is -0.0139. The summed E-state index contributed by atoms with van der Waals surface area (Å²) in [6, 6.07) is 2.01. The van der Waals surface area contributed by atoms with E-state index in [9.17, 15) is 17.2 Å². The fourth-order valence-electron chi connectivity index (χ4n) is 3.13. The van der Waals surface area contributed by atoms with Gasteiger partial charge >= 0.3 is 0 Å². The Morgan fingerprint density at radius 1 is 1.36 bits per heavy atom. The average molecular weight is 332 g/mol. The van der Waals surface area contributed by atoms with Gasteiger partial charge in [-0.05, 0) is 37.9 Å². The first kappa shape index (κ1) is 15.8. The predicted octanol–water partition coefficient (Wildman–Crippen LogP) is 1.15. The monoisotopic (exact) mass is 332 g/mol. The van der Waals surface area contributed by atoms with Crippen molar-refractivity contribution >= 4 is 10.0 Å². The Labute approximate surface area is 128 Å². The molecule has 2 aliphatic rings. The Kier molecular flexibility index (Phi) is 4.19. The van der Waals surface area contributed by atoms with Crippen LogP contribution in [-0.4, -0.2) is 39.8 Å². The normalized spacial score (nSPS) is 29.1. The minimum Gasteiger partial charge on any atom is -0.372 e. The number of hydrogen-bond donors (Lipinski definition) is 2. The molecular weight excluding hydrogens is 314 g/mol. The van der Waals surface area contributed by atoms with E-state index in [1.807, 2.05) is 0 Å². The van der Waals surface area contributed by atoms with Crippen molar-refractivity contribution in [3.05, 3.63) is 29.8 Å². The zero-order valence-corrected chi connectivity index (χ0v) is 12.8. The van der Waals surface area contributed by atoms with Crippen LogP contribution < -0.4 is 10.0 Å². The lowest BCUT2D eigenvalue weighted by Crippen LogP contribution is -2.46. The van der Waals surface area contributed by atoms with Gasteiger partial charge in [0.15, 0.2) is 0 Å². The summed E-state index contributed by atoms with van der Waals surface area (Å²) in [6.45, 7) is 1.88. The van der Waals surface area contributed by atoms with Gasteiger partial charge in [-0.15, -0.1) is 0 Å². The highest BCUT2D eigenvalue weighted by molar-refractivity contribution is 7.89. The molecule has 0 bridgehead atoms. The number of hydrogen-bond acceptors (Lipinski definition) is 4. The van der Waals surface area contributed by atoms with Crippen molar-refractivity contribution in [2.45, 2.75) is 35.8 Å². The van der Waals surface area contributed by atoms with E-state index in [4.69, 9.17) is 4.74 Å². The summed E-state index contributed by atoms with van der Waals surface area (Å²) in [4.78, 5) is -0.545. The highest BCUT2D eigenvalue weighted by Crippen LogP contribution is 2.32. The molecule has 2 aliphatic heterocycles. The molecule has 2 atom stereocenters. The van der Waals surface area contributed by atoms with Crippen molar-refractivity contribution in [1.82, 2.24) is 10.0 Å². The van der Waals surface area contributed by atoms with Gasteiger partial charge in [0.25, 0.3) is 0 Å². The molecule has 2 N–H and O–H groups in total. The molecule has 3 rings (SSSR count). The Morgan fingerprint density at radius 3 is 2.86 bits per heavy atom. The predicted molar refractivity (Wildman–Crippen MR) is 75.9 cm³/mol. The molecular formula is C14H18F2N2O3S. The summed E-state index contributed by atoms with van der Waals surface area (Å²) in [5.74, 6) is -1.91. The number of rotatable bonds is 3. The molecule has 0 radical (unpaired) electrons. The van der Waals surface area contributed by atoms with Crippen LogP contribution in [0.4, 0.5) is 8.78 Å². The first-order valence-electron chi connectivity index (χ1n) is 7.22. The lowest BCUT2D eigenvalue weighted by Gasteiger charge is -2.33. The van der Waals surface area contributed by atoms with Gasteiger partial charge in [-0.1, -0.05) is 0 Å². The molecule has 1 aromatic rings. The molecule has 0 aromatic heterocycles. The van der Waals surface area contributed by atoms with E-state index in [1.165, 1.54) is 0 Å². The van der Waals surface area contributed by atoms with Crippen LogP contribution in [0.5, 0.6) is 0 Å². The highest BCUT2D eigenvalue weighted by Gasteiger charge is 2.42. The van der Waals surface area contributed by atoms with Crippen LogP contribution in [-0.2, 0) is 14.8 Å². The average Bonchev–Trinajstić information content (AvgIpc) is 2.80. The number of sulfonamides is 1. The van der Waals surface area contributed by atoms with Crippen molar-refractivity contribution in [2.24, 2.45) is 0 Å². The van der Waals surface area contributed by atoms with E-state index in [-0.39, 0.29) is 12.2 Å². The molecule has 0 aliphatic carbocycles. The first-order chi connectivity index (χ1) is 10.4. The number of nitrogens with one attached hydrogen (secondary N) is 2. The Hall–Kier alpha value is -1.09. The second-order valence-corrected chi connectivity index (χ2v) is 7.55. The van der Waals surface area contributed by atoms with E-state index < -0.39 is 32.6 Å². The molecule has 22 heavy (non-hydrogen) atoms. The third-order valence-electron chi connectivity index (χ3n) is 4.15. The molecule has 2 unspecified atom stereocenters. The summed E-state index contributed by atoms with van der Waals surface area (Å²) < 4.78 is 59.3. The molecule has 2 heterocycles. The van der Waals surface area contributed by atoms with Crippen LogP contribution in [0, 0.1) is 11.6 Å². The van der Waals surface area contributed by atoms with Gasteiger partial charge in [-0.3, -0.25) is 0 Å². The topological polar surface area (TPSA) is 67.4 Å². The molecule has 2 saturated heterocycles.